The highest BCUT2D eigenvalue weighted by Gasteiger charge is 2.67. The lowest BCUT2D eigenvalue weighted by atomic mass is 9.46. The van der Waals surface area contributed by atoms with E-state index in [1.54, 1.807) is 6.08 Å². The fourth-order valence-corrected chi connectivity index (χ4v) is 7.56. The van der Waals surface area contributed by atoms with Crippen LogP contribution in [0.25, 0.3) is 0 Å². The first-order valence-electron chi connectivity index (χ1n) is 10.6. The van der Waals surface area contributed by atoms with Gasteiger partial charge in [-0.05, 0) is 61.3 Å². The van der Waals surface area contributed by atoms with Crippen molar-refractivity contribution in [3.05, 3.63) is 23.3 Å². The molecule has 6 atom stereocenters. The van der Waals surface area contributed by atoms with E-state index in [0.717, 1.165) is 24.3 Å². The third-order valence-corrected chi connectivity index (χ3v) is 8.73. The van der Waals surface area contributed by atoms with Gasteiger partial charge in [0.2, 0.25) is 0 Å². The lowest BCUT2D eigenvalue weighted by Gasteiger charge is -2.61. The molecule has 1 unspecified atom stereocenters. The van der Waals surface area contributed by atoms with Crippen LogP contribution >= 0.6 is 11.6 Å². The van der Waals surface area contributed by atoms with Gasteiger partial charge >= 0.3 is 11.9 Å². The Labute approximate surface area is 172 Å². The zero-order valence-electron chi connectivity index (χ0n) is 17.3. The molecule has 0 N–H and O–H groups in total. The molecule has 4 rings (SSSR count). The molecule has 2 saturated carbocycles. The van der Waals surface area contributed by atoms with Gasteiger partial charge in [0.05, 0.1) is 5.41 Å². The molecule has 0 bridgehead atoms. The summed E-state index contributed by atoms with van der Waals surface area (Å²) in [5, 5.41) is 0.827. The molecule has 2 fully saturated rings. The molecule has 0 saturated heterocycles. The summed E-state index contributed by atoms with van der Waals surface area (Å²) in [4.78, 5) is 24.2. The van der Waals surface area contributed by atoms with Crippen molar-refractivity contribution in [2.24, 2.45) is 34.5 Å². The number of carbonyl (C=O) groups excluding carboxylic acids is 2. The van der Waals surface area contributed by atoms with Gasteiger partial charge in [0.25, 0.3) is 5.79 Å². The number of fused-ring (bicyclic) bond motifs is 5. The van der Waals surface area contributed by atoms with Crippen LogP contribution in [0.5, 0.6) is 0 Å². The number of allylic oxidation sites excluding steroid dienone is 3. The molecule has 0 spiro atoms. The largest absolute Gasteiger partial charge is 0.418 e. The monoisotopic (exact) mass is 406 g/mol. The number of rotatable bonds is 2. The lowest BCUT2D eigenvalue weighted by Crippen LogP contribution is -2.64. The third kappa shape index (κ3) is 2.70. The van der Waals surface area contributed by atoms with Gasteiger partial charge in [-0.2, -0.15) is 0 Å². The molecule has 0 aromatic heterocycles. The molecule has 154 valence electrons. The quantitative estimate of drug-likeness (QED) is 0.352. The van der Waals surface area contributed by atoms with E-state index in [0.29, 0.717) is 17.3 Å². The summed E-state index contributed by atoms with van der Waals surface area (Å²) in [6.45, 7) is 7.29. The second-order valence-electron chi connectivity index (χ2n) is 9.75. The van der Waals surface area contributed by atoms with Crippen molar-refractivity contribution in [1.29, 1.82) is 0 Å². The highest BCUT2D eigenvalue weighted by atomic mass is 35.5. The van der Waals surface area contributed by atoms with E-state index in [1.807, 2.05) is 6.08 Å². The summed E-state index contributed by atoms with van der Waals surface area (Å²) in [6.07, 6.45) is 12.7. The molecule has 4 aliphatic carbocycles. The first-order valence-corrected chi connectivity index (χ1v) is 10.9. The summed E-state index contributed by atoms with van der Waals surface area (Å²) in [7, 11) is 0. The Morgan fingerprint density at radius 3 is 2.39 bits per heavy atom. The predicted molar refractivity (Wildman–Crippen MR) is 107 cm³/mol. The topological polar surface area (TPSA) is 52.6 Å². The first kappa shape index (κ1) is 20.0. The minimum absolute atomic E-state index is 0.0233. The van der Waals surface area contributed by atoms with Crippen LogP contribution in [0.2, 0.25) is 0 Å². The Kier molecular flexibility index (Phi) is 4.73. The van der Waals surface area contributed by atoms with E-state index in [4.69, 9.17) is 21.1 Å². The number of esters is 2. The smallest absolute Gasteiger partial charge is 0.306 e. The number of halogens is 1. The van der Waals surface area contributed by atoms with Crippen molar-refractivity contribution in [2.45, 2.75) is 72.0 Å². The minimum atomic E-state index is -1.41. The van der Waals surface area contributed by atoms with Gasteiger partial charge in [0.15, 0.2) is 0 Å². The maximum Gasteiger partial charge on any atom is 0.306 e. The van der Waals surface area contributed by atoms with Crippen LogP contribution < -0.4 is 0 Å². The SMILES string of the molecule is CC(=O)OC1(OC(C)=O)C=CCC2C(Cl)=C[C@H]3[C@@H]4CCC[C@@]4(C)CC[C@@H]3[C@]21C. The minimum Gasteiger partial charge on any atom is -0.418 e. The van der Waals surface area contributed by atoms with Crippen LogP contribution in [0.15, 0.2) is 23.3 Å². The molecule has 0 heterocycles. The molecule has 0 aromatic carbocycles. The second kappa shape index (κ2) is 6.62. The van der Waals surface area contributed by atoms with Crippen molar-refractivity contribution in [3.8, 4) is 0 Å². The van der Waals surface area contributed by atoms with Gasteiger partial charge in [0.1, 0.15) is 0 Å². The average Bonchev–Trinajstić information content (AvgIpc) is 2.98. The van der Waals surface area contributed by atoms with Crippen LogP contribution in [0.4, 0.5) is 0 Å². The molecular weight excluding hydrogens is 376 g/mol. The standard InChI is InChI=1S/C23H31ClO4/c1-14(25)27-23(28-15(2)26)11-6-8-19-20(24)13-16-17-7-5-10-21(17,3)12-9-18(16)22(19,23)4/h6,11,13,16-19H,5,7-10,12H2,1-4H3/t16-,17-,18-,19?,21-,22+/m0/s1. The number of carbonyl (C=O) groups is 2. The molecule has 0 radical (unpaired) electrons. The normalized spacial score (nSPS) is 43.2. The Balaban J connectivity index is 1.86. The van der Waals surface area contributed by atoms with Gasteiger partial charge in [-0.25, -0.2) is 0 Å². The fraction of sp³-hybridized carbons (Fsp3) is 0.739. The van der Waals surface area contributed by atoms with Crippen LogP contribution in [0.1, 0.15) is 66.2 Å². The summed E-state index contributed by atoms with van der Waals surface area (Å²) < 4.78 is 11.7. The second-order valence-corrected chi connectivity index (χ2v) is 10.2. The highest BCUT2D eigenvalue weighted by molar-refractivity contribution is 6.30. The summed E-state index contributed by atoms with van der Waals surface area (Å²) in [5.41, 5.74) is -0.229. The molecule has 4 nitrogen and oxygen atoms in total. The van der Waals surface area contributed by atoms with Crippen molar-refractivity contribution >= 4 is 23.5 Å². The van der Waals surface area contributed by atoms with E-state index in [2.05, 4.69) is 19.9 Å². The lowest BCUT2D eigenvalue weighted by molar-refractivity contribution is -0.277. The third-order valence-electron chi connectivity index (χ3n) is 8.34. The molecule has 4 aliphatic rings. The van der Waals surface area contributed by atoms with Gasteiger partial charge in [-0.3, -0.25) is 9.59 Å². The molecule has 0 aliphatic heterocycles. The number of ether oxygens (including phenoxy) is 2. The highest BCUT2D eigenvalue weighted by Crippen LogP contribution is 2.68. The van der Waals surface area contributed by atoms with E-state index in [9.17, 15) is 9.59 Å². The van der Waals surface area contributed by atoms with E-state index < -0.39 is 23.1 Å². The molecular formula is C23H31ClO4. The molecule has 0 amide bonds. The van der Waals surface area contributed by atoms with Crippen LogP contribution in [0.3, 0.4) is 0 Å². The first-order chi connectivity index (χ1) is 13.1. The van der Waals surface area contributed by atoms with Crippen molar-refractivity contribution < 1.29 is 19.1 Å². The van der Waals surface area contributed by atoms with Gasteiger partial charge < -0.3 is 9.47 Å². The Morgan fingerprint density at radius 2 is 1.75 bits per heavy atom. The van der Waals surface area contributed by atoms with E-state index in [-0.39, 0.29) is 11.8 Å². The van der Waals surface area contributed by atoms with Crippen LogP contribution in [0, 0.1) is 34.5 Å². The van der Waals surface area contributed by atoms with Gasteiger partial charge in [0, 0.05) is 24.8 Å². The maximum absolute atomic E-state index is 12.1. The van der Waals surface area contributed by atoms with E-state index in [1.165, 1.54) is 33.1 Å². The maximum atomic E-state index is 12.1. The molecule has 28 heavy (non-hydrogen) atoms. The van der Waals surface area contributed by atoms with Crippen LogP contribution in [-0.2, 0) is 19.1 Å². The Hall–Kier alpha value is -1.29. The Bertz CT molecular complexity index is 740. The molecule has 0 aromatic rings. The van der Waals surface area contributed by atoms with Gasteiger partial charge in [-0.1, -0.05) is 44.0 Å². The average molecular weight is 407 g/mol. The zero-order valence-corrected chi connectivity index (χ0v) is 18.1. The zero-order chi connectivity index (χ0) is 20.3. The summed E-state index contributed by atoms with van der Waals surface area (Å²) in [6, 6.07) is 0. The predicted octanol–water partition coefficient (Wildman–Crippen LogP) is 5.36. The summed E-state index contributed by atoms with van der Waals surface area (Å²) in [5.74, 6) is -1.17. The van der Waals surface area contributed by atoms with Gasteiger partial charge in [-0.15, -0.1) is 0 Å². The van der Waals surface area contributed by atoms with E-state index >= 15 is 0 Å². The van der Waals surface area contributed by atoms with Crippen molar-refractivity contribution in [3.63, 3.8) is 0 Å². The molecule has 5 heteroatoms. The summed E-state index contributed by atoms with van der Waals surface area (Å²) >= 11 is 6.88. The number of hydrogen-bond acceptors (Lipinski definition) is 4. The van der Waals surface area contributed by atoms with Crippen molar-refractivity contribution in [2.75, 3.05) is 0 Å². The van der Waals surface area contributed by atoms with Crippen LogP contribution in [-0.4, -0.2) is 17.7 Å². The Morgan fingerprint density at radius 1 is 1.07 bits per heavy atom. The number of hydrogen-bond donors (Lipinski definition) is 0. The fourth-order valence-electron chi connectivity index (χ4n) is 7.10. The van der Waals surface area contributed by atoms with Crippen molar-refractivity contribution in [1.82, 2.24) is 0 Å².